The van der Waals surface area contributed by atoms with Gasteiger partial charge in [-0.3, -0.25) is 0 Å². The highest BCUT2D eigenvalue weighted by Gasteiger charge is 2.28. The van der Waals surface area contributed by atoms with Crippen LogP contribution < -0.4 is 5.32 Å². The molecule has 6 nitrogen and oxygen atoms in total. The van der Waals surface area contributed by atoms with Gasteiger partial charge in [0.05, 0.1) is 6.54 Å². The van der Waals surface area contributed by atoms with E-state index < -0.39 is 0 Å². The minimum Gasteiger partial charge on any atom is -0.331 e. The van der Waals surface area contributed by atoms with Gasteiger partial charge in [-0.25, -0.2) is 4.79 Å². The number of amides is 2. The van der Waals surface area contributed by atoms with Crippen LogP contribution in [0, 0.1) is 0 Å². The number of nitrogens with zero attached hydrogens (tertiary/aromatic N) is 4. The SMILES string of the molecule is O=C(NCc1nnc(C2CC2)s1)N1CCCC(N2CCCC2)CC1. The van der Waals surface area contributed by atoms with Gasteiger partial charge in [0.15, 0.2) is 0 Å². The molecule has 0 bridgehead atoms. The summed E-state index contributed by atoms with van der Waals surface area (Å²) in [6, 6.07) is 0.731. The first kappa shape index (κ1) is 16.3. The Balaban J connectivity index is 1.24. The molecule has 1 atom stereocenters. The maximum Gasteiger partial charge on any atom is 0.317 e. The second-order valence-corrected chi connectivity index (χ2v) is 8.38. The minimum atomic E-state index is 0.0558. The average molecular weight is 350 g/mol. The van der Waals surface area contributed by atoms with Crippen molar-refractivity contribution in [1.82, 2.24) is 25.3 Å². The van der Waals surface area contributed by atoms with E-state index in [2.05, 4.69) is 20.4 Å². The molecule has 1 N–H and O–H groups in total. The topological polar surface area (TPSA) is 61.4 Å². The maximum absolute atomic E-state index is 12.5. The third-order valence-corrected chi connectivity index (χ3v) is 6.53. The lowest BCUT2D eigenvalue weighted by molar-refractivity contribution is 0.193. The van der Waals surface area contributed by atoms with Gasteiger partial charge in [0.1, 0.15) is 10.0 Å². The fourth-order valence-corrected chi connectivity index (χ4v) is 4.80. The summed E-state index contributed by atoms with van der Waals surface area (Å²) in [4.78, 5) is 17.1. The van der Waals surface area contributed by atoms with Gasteiger partial charge >= 0.3 is 6.03 Å². The molecule has 2 saturated heterocycles. The molecule has 3 aliphatic rings. The van der Waals surface area contributed by atoms with E-state index in [1.54, 1.807) is 11.3 Å². The smallest absolute Gasteiger partial charge is 0.317 e. The number of hydrogen-bond acceptors (Lipinski definition) is 5. The first-order chi connectivity index (χ1) is 11.8. The summed E-state index contributed by atoms with van der Waals surface area (Å²) in [5, 5.41) is 13.5. The highest BCUT2D eigenvalue weighted by Crippen LogP contribution is 2.41. The molecule has 1 unspecified atom stereocenters. The van der Waals surface area contributed by atoms with E-state index in [0.717, 1.165) is 35.9 Å². The lowest BCUT2D eigenvalue weighted by atomic mass is 10.1. The molecule has 0 aromatic carbocycles. The molecule has 0 spiro atoms. The number of carbonyl (C=O) groups is 1. The van der Waals surface area contributed by atoms with Crippen LogP contribution in [-0.2, 0) is 6.54 Å². The second-order valence-electron chi connectivity index (χ2n) is 7.28. The van der Waals surface area contributed by atoms with E-state index in [4.69, 9.17) is 0 Å². The molecule has 7 heteroatoms. The van der Waals surface area contributed by atoms with Gasteiger partial charge in [0.25, 0.3) is 0 Å². The van der Waals surface area contributed by atoms with Crippen molar-refractivity contribution >= 4 is 17.4 Å². The van der Waals surface area contributed by atoms with E-state index in [9.17, 15) is 4.79 Å². The normalized spacial score (nSPS) is 25.7. The van der Waals surface area contributed by atoms with Gasteiger partial charge in [-0.2, -0.15) is 0 Å². The molecule has 2 aliphatic heterocycles. The van der Waals surface area contributed by atoms with Crippen LogP contribution in [0.25, 0.3) is 0 Å². The Morgan fingerprint density at radius 2 is 1.88 bits per heavy atom. The molecule has 1 aromatic heterocycles. The van der Waals surface area contributed by atoms with Crippen LogP contribution in [-0.4, -0.2) is 58.2 Å². The fourth-order valence-electron chi connectivity index (χ4n) is 3.85. The third kappa shape index (κ3) is 3.88. The Morgan fingerprint density at radius 3 is 2.67 bits per heavy atom. The summed E-state index contributed by atoms with van der Waals surface area (Å²) in [5.74, 6) is 0.639. The number of carbonyl (C=O) groups excluding carboxylic acids is 1. The number of aromatic nitrogens is 2. The highest BCUT2D eigenvalue weighted by atomic mass is 32.1. The fraction of sp³-hybridized carbons (Fsp3) is 0.824. The Kier molecular flexibility index (Phi) is 4.98. The van der Waals surface area contributed by atoms with Crippen molar-refractivity contribution in [3.63, 3.8) is 0 Å². The van der Waals surface area contributed by atoms with Crippen molar-refractivity contribution in [1.29, 1.82) is 0 Å². The molecular weight excluding hydrogens is 322 g/mol. The summed E-state index contributed by atoms with van der Waals surface area (Å²) < 4.78 is 0. The molecule has 1 aromatic rings. The summed E-state index contributed by atoms with van der Waals surface area (Å²) in [6.07, 6.45) is 8.61. The summed E-state index contributed by atoms with van der Waals surface area (Å²) in [6.45, 7) is 4.75. The van der Waals surface area contributed by atoms with Crippen molar-refractivity contribution in [2.24, 2.45) is 0 Å². The van der Waals surface area contributed by atoms with Gasteiger partial charge in [0, 0.05) is 25.0 Å². The van der Waals surface area contributed by atoms with Crippen molar-refractivity contribution in [2.45, 2.75) is 63.5 Å². The molecule has 3 heterocycles. The zero-order valence-electron chi connectivity index (χ0n) is 14.2. The molecule has 1 aliphatic carbocycles. The molecular formula is C17H27N5OS. The molecule has 0 radical (unpaired) electrons. The van der Waals surface area contributed by atoms with Crippen LogP contribution in [0.4, 0.5) is 4.79 Å². The van der Waals surface area contributed by atoms with E-state index in [-0.39, 0.29) is 6.03 Å². The van der Waals surface area contributed by atoms with Gasteiger partial charge in [-0.1, -0.05) is 11.3 Å². The Hall–Kier alpha value is -1.21. The molecule has 1 saturated carbocycles. The van der Waals surface area contributed by atoms with Crippen molar-refractivity contribution in [3.05, 3.63) is 10.0 Å². The third-order valence-electron chi connectivity index (χ3n) is 5.44. The number of hydrogen-bond donors (Lipinski definition) is 1. The zero-order chi connectivity index (χ0) is 16.4. The van der Waals surface area contributed by atoms with E-state index in [0.29, 0.717) is 18.5 Å². The summed E-state index contributed by atoms with van der Waals surface area (Å²) >= 11 is 1.65. The number of nitrogens with one attached hydrogen (secondary N) is 1. The lowest BCUT2D eigenvalue weighted by Crippen LogP contribution is -2.41. The van der Waals surface area contributed by atoms with Crippen LogP contribution in [0.5, 0.6) is 0 Å². The molecule has 2 amide bonds. The van der Waals surface area contributed by atoms with Crippen LogP contribution in [0.3, 0.4) is 0 Å². The Morgan fingerprint density at radius 1 is 1.04 bits per heavy atom. The van der Waals surface area contributed by atoms with Gasteiger partial charge in [0.2, 0.25) is 0 Å². The lowest BCUT2D eigenvalue weighted by Gasteiger charge is -2.26. The predicted molar refractivity (Wildman–Crippen MR) is 94.1 cm³/mol. The average Bonchev–Trinajstić information content (AvgIpc) is 3.19. The van der Waals surface area contributed by atoms with Crippen molar-refractivity contribution in [3.8, 4) is 0 Å². The van der Waals surface area contributed by atoms with Gasteiger partial charge in [-0.05, 0) is 58.0 Å². The van der Waals surface area contributed by atoms with Crippen LogP contribution in [0.15, 0.2) is 0 Å². The summed E-state index contributed by atoms with van der Waals surface area (Å²) in [5.41, 5.74) is 0. The monoisotopic (exact) mass is 349 g/mol. The Bertz CT molecular complexity index is 567. The maximum atomic E-state index is 12.5. The van der Waals surface area contributed by atoms with E-state index in [1.807, 2.05) is 4.90 Å². The number of rotatable bonds is 4. The quantitative estimate of drug-likeness (QED) is 0.907. The molecule has 132 valence electrons. The van der Waals surface area contributed by atoms with Crippen LogP contribution in [0.2, 0.25) is 0 Å². The summed E-state index contributed by atoms with van der Waals surface area (Å²) in [7, 11) is 0. The van der Waals surface area contributed by atoms with E-state index in [1.165, 1.54) is 45.2 Å². The largest absolute Gasteiger partial charge is 0.331 e. The highest BCUT2D eigenvalue weighted by molar-refractivity contribution is 7.11. The van der Waals surface area contributed by atoms with Crippen LogP contribution >= 0.6 is 11.3 Å². The second kappa shape index (κ2) is 7.35. The molecule has 24 heavy (non-hydrogen) atoms. The van der Waals surface area contributed by atoms with Crippen molar-refractivity contribution < 1.29 is 4.79 Å². The van der Waals surface area contributed by atoms with Crippen molar-refractivity contribution in [2.75, 3.05) is 26.2 Å². The molecule has 3 fully saturated rings. The Labute approximate surface area is 147 Å². The zero-order valence-corrected chi connectivity index (χ0v) is 15.1. The van der Waals surface area contributed by atoms with Gasteiger partial charge < -0.3 is 15.1 Å². The first-order valence-corrected chi connectivity index (χ1v) is 10.2. The van der Waals surface area contributed by atoms with E-state index >= 15 is 0 Å². The standard InChI is InChI=1S/C17H27N5OS/c23-17(18-12-15-19-20-16(24-15)13-5-6-13)22-10-3-4-14(7-11-22)21-8-1-2-9-21/h13-14H,1-12H2,(H,18,23). The number of likely N-dealkylation sites (tertiary alicyclic amines) is 2. The minimum absolute atomic E-state index is 0.0558. The number of urea groups is 1. The first-order valence-electron chi connectivity index (χ1n) is 9.39. The predicted octanol–water partition coefficient (Wildman–Crippen LogP) is 2.58. The molecule has 4 rings (SSSR count). The van der Waals surface area contributed by atoms with Gasteiger partial charge in [-0.15, -0.1) is 10.2 Å². The van der Waals surface area contributed by atoms with Crippen LogP contribution in [0.1, 0.15) is 60.9 Å².